The number of piperazine rings is 1. The van der Waals surface area contributed by atoms with Crippen molar-refractivity contribution >= 4 is 29.5 Å². The number of aromatic nitrogens is 2. The Morgan fingerprint density at radius 2 is 1.81 bits per heavy atom. The molecule has 0 aliphatic carbocycles. The van der Waals surface area contributed by atoms with Gasteiger partial charge in [0.05, 0.1) is 5.56 Å². The van der Waals surface area contributed by atoms with E-state index in [1.807, 2.05) is 6.20 Å². The Bertz CT molecular complexity index is 1010. The standard InChI is InChI=1S/C22H26N6O3/c1-4-16-11-15(2)20(24-12-16)26-7-9-27(10-8-26)21(30)17-5-6-18(23-13-17)28-14-19(29)25(3)22(28)31/h5-6,11-13H,4,7-10,14H2,1-3H3. The maximum Gasteiger partial charge on any atom is 0.332 e. The zero-order valence-electron chi connectivity index (χ0n) is 18.0. The van der Waals surface area contributed by atoms with Crippen LogP contribution in [0.3, 0.4) is 0 Å². The minimum absolute atomic E-state index is 0.0374. The van der Waals surface area contributed by atoms with Crippen LogP contribution in [-0.2, 0) is 11.2 Å². The van der Waals surface area contributed by atoms with Crippen molar-refractivity contribution in [1.82, 2.24) is 19.8 Å². The summed E-state index contributed by atoms with van der Waals surface area (Å²) >= 11 is 0. The molecule has 2 aromatic heterocycles. The number of urea groups is 1. The number of nitrogens with zero attached hydrogens (tertiary/aromatic N) is 6. The van der Waals surface area contributed by atoms with Crippen LogP contribution in [0.25, 0.3) is 0 Å². The summed E-state index contributed by atoms with van der Waals surface area (Å²) in [5.74, 6) is 0.968. The van der Waals surface area contributed by atoms with E-state index in [4.69, 9.17) is 0 Å². The van der Waals surface area contributed by atoms with Crippen LogP contribution in [-0.4, -0.2) is 77.4 Å². The number of amides is 4. The van der Waals surface area contributed by atoms with E-state index < -0.39 is 6.03 Å². The number of hydrogen-bond acceptors (Lipinski definition) is 6. The number of pyridine rings is 2. The summed E-state index contributed by atoms with van der Waals surface area (Å²) in [5.41, 5.74) is 2.84. The molecule has 0 aromatic carbocycles. The van der Waals surface area contributed by atoms with E-state index in [-0.39, 0.29) is 18.4 Å². The van der Waals surface area contributed by atoms with Crippen LogP contribution in [0.15, 0.2) is 30.6 Å². The average molecular weight is 422 g/mol. The van der Waals surface area contributed by atoms with Gasteiger partial charge in [0, 0.05) is 45.6 Å². The van der Waals surface area contributed by atoms with Crippen molar-refractivity contribution in [2.75, 3.05) is 49.6 Å². The van der Waals surface area contributed by atoms with E-state index in [1.54, 1.807) is 17.0 Å². The second-order valence-corrected chi connectivity index (χ2v) is 7.84. The van der Waals surface area contributed by atoms with Crippen LogP contribution in [0.1, 0.15) is 28.4 Å². The van der Waals surface area contributed by atoms with Gasteiger partial charge in [-0.25, -0.2) is 14.8 Å². The van der Waals surface area contributed by atoms with Crippen molar-refractivity contribution in [3.05, 3.63) is 47.3 Å². The molecule has 0 saturated carbocycles. The molecular formula is C22H26N6O3. The molecule has 0 bridgehead atoms. The van der Waals surface area contributed by atoms with Crippen LogP contribution in [0, 0.1) is 6.92 Å². The summed E-state index contributed by atoms with van der Waals surface area (Å²) < 4.78 is 0. The third kappa shape index (κ3) is 3.95. The molecule has 2 aliphatic rings. The normalized spacial score (nSPS) is 17.0. The zero-order chi connectivity index (χ0) is 22.1. The van der Waals surface area contributed by atoms with Gasteiger partial charge in [-0.15, -0.1) is 0 Å². The number of aryl methyl sites for hydroxylation is 2. The lowest BCUT2D eigenvalue weighted by Gasteiger charge is -2.36. The lowest BCUT2D eigenvalue weighted by atomic mass is 10.1. The molecular weight excluding hydrogens is 396 g/mol. The molecule has 2 aliphatic heterocycles. The first-order valence-corrected chi connectivity index (χ1v) is 10.4. The largest absolute Gasteiger partial charge is 0.353 e. The molecule has 0 unspecified atom stereocenters. The monoisotopic (exact) mass is 422 g/mol. The molecule has 0 radical (unpaired) electrons. The lowest BCUT2D eigenvalue weighted by Crippen LogP contribution is -2.49. The SMILES string of the molecule is CCc1cnc(N2CCN(C(=O)c3ccc(N4CC(=O)N(C)C4=O)nc3)CC2)c(C)c1. The fraction of sp³-hybridized carbons (Fsp3) is 0.409. The zero-order valence-corrected chi connectivity index (χ0v) is 18.0. The fourth-order valence-electron chi connectivity index (χ4n) is 3.90. The first-order chi connectivity index (χ1) is 14.9. The third-order valence-electron chi connectivity index (χ3n) is 5.84. The van der Waals surface area contributed by atoms with Crippen molar-refractivity contribution in [2.45, 2.75) is 20.3 Å². The smallest absolute Gasteiger partial charge is 0.332 e. The predicted octanol–water partition coefficient (Wildman–Crippen LogP) is 1.71. The minimum Gasteiger partial charge on any atom is -0.353 e. The molecule has 4 amide bonds. The van der Waals surface area contributed by atoms with Crippen molar-refractivity contribution in [1.29, 1.82) is 0 Å². The third-order valence-corrected chi connectivity index (χ3v) is 5.84. The van der Waals surface area contributed by atoms with Crippen molar-refractivity contribution in [3.8, 4) is 0 Å². The van der Waals surface area contributed by atoms with E-state index in [2.05, 4.69) is 34.8 Å². The summed E-state index contributed by atoms with van der Waals surface area (Å²) in [7, 11) is 1.44. The van der Waals surface area contributed by atoms with Gasteiger partial charge >= 0.3 is 6.03 Å². The fourth-order valence-corrected chi connectivity index (χ4v) is 3.90. The maximum atomic E-state index is 12.9. The molecule has 0 atom stereocenters. The number of likely N-dealkylation sites (N-methyl/N-ethyl adjacent to an activating group) is 1. The number of carbonyl (C=O) groups excluding carboxylic acids is 3. The lowest BCUT2D eigenvalue weighted by molar-refractivity contribution is -0.123. The molecule has 0 spiro atoms. The number of anilines is 2. The summed E-state index contributed by atoms with van der Waals surface area (Å²) in [6, 6.07) is 5.02. The van der Waals surface area contributed by atoms with Gasteiger partial charge in [0.1, 0.15) is 18.2 Å². The van der Waals surface area contributed by atoms with Crippen LogP contribution >= 0.6 is 0 Å². The maximum absolute atomic E-state index is 12.9. The van der Waals surface area contributed by atoms with Crippen molar-refractivity contribution in [3.63, 3.8) is 0 Å². The van der Waals surface area contributed by atoms with E-state index in [0.717, 1.165) is 22.7 Å². The Morgan fingerprint density at radius 3 is 2.35 bits per heavy atom. The summed E-state index contributed by atoms with van der Waals surface area (Å²) in [5, 5.41) is 0. The van der Waals surface area contributed by atoms with Gasteiger partial charge in [-0.1, -0.05) is 13.0 Å². The Kier molecular flexibility index (Phi) is 5.58. The van der Waals surface area contributed by atoms with Gasteiger partial charge in [0.25, 0.3) is 11.8 Å². The van der Waals surface area contributed by atoms with Gasteiger partial charge in [-0.2, -0.15) is 0 Å². The van der Waals surface area contributed by atoms with Crippen LogP contribution in [0.4, 0.5) is 16.4 Å². The van der Waals surface area contributed by atoms with Crippen molar-refractivity contribution < 1.29 is 14.4 Å². The second-order valence-electron chi connectivity index (χ2n) is 7.84. The highest BCUT2D eigenvalue weighted by molar-refractivity contribution is 6.11. The number of rotatable bonds is 4. The number of hydrogen-bond donors (Lipinski definition) is 0. The molecule has 9 nitrogen and oxygen atoms in total. The second kappa shape index (κ2) is 8.33. The Morgan fingerprint density at radius 1 is 1.06 bits per heavy atom. The molecule has 9 heteroatoms. The highest BCUT2D eigenvalue weighted by Crippen LogP contribution is 2.22. The average Bonchev–Trinajstić information content (AvgIpc) is 3.06. The van der Waals surface area contributed by atoms with E-state index >= 15 is 0 Å². The Hall–Kier alpha value is -3.49. The molecule has 2 aromatic rings. The van der Waals surface area contributed by atoms with Crippen LogP contribution in [0.2, 0.25) is 0 Å². The molecule has 2 saturated heterocycles. The van der Waals surface area contributed by atoms with Crippen LogP contribution in [0.5, 0.6) is 0 Å². The molecule has 4 rings (SSSR count). The highest BCUT2D eigenvalue weighted by Gasteiger charge is 2.35. The highest BCUT2D eigenvalue weighted by atomic mass is 16.2. The Labute approximate surface area is 181 Å². The molecule has 4 heterocycles. The molecule has 2 fully saturated rings. The first-order valence-electron chi connectivity index (χ1n) is 10.4. The van der Waals surface area contributed by atoms with Crippen LogP contribution < -0.4 is 9.80 Å². The quantitative estimate of drug-likeness (QED) is 0.697. The van der Waals surface area contributed by atoms with Gasteiger partial charge in [0.2, 0.25) is 0 Å². The van der Waals surface area contributed by atoms with Gasteiger partial charge in [-0.05, 0) is 36.6 Å². The van der Waals surface area contributed by atoms with Crippen molar-refractivity contribution in [2.24, 2.45) is 0 Å². The Balaban J connectivity index is 1.39. The van der Waals surface area contributed by atoms with E-state index in [9.17, 15) is 14.4 Å². The van der Waals surface area contributed by atoms with Gasteiger partial charge < -0.3 is 9.80 Å². The number of carbonyl (C=O) groups is 3. The summed E-state index contributed by atoms with van der Waals surface area (Å²) in [6.07, 6.45) is 4.35. The minimum atomic E-state index is -0.413. The van der Waals surface area contributed by atoms with Gasteiger partial charge in [0.15, 0.2) is 0 Å². The first kappa shape index (κ1) is 20.8. The predicted molar refractivity (Wildman–Crippen MR) is 116 cm³/mol. The molecule has 0 N–H and O–H groups in total. The summed E-state index contributed by atoms with van der Waals surface area (Å²) in [6.45, 7) is 6.78. The topological polar surface area (TPSA) is 90.0 Å². The van der Waals surface area contributed by atoms with E-state index in [1.165, 1.54) is 23.7 Å². The molecule has 162 valence electrons. The van der Waals surface area contributed by atoms with E-state index in [0.29, 0.717) is 37.6 Å². The number of imide groups is 1. The molecule has 31 heavy (non-hydrogen) atoms. The van der Waals surface area contributed by atoms with Gasteiger partial charge in [-0.3, -0.25) is 19.4 Å². The summed E-state index contributed by atoms with van der Waals surface area (Å²) in [4.78, 5) is 51.9.